The van der Waals surface area contributed by atoms with Crippen LogP contribution < -0.4 is 5.32 Å². The van der Waals surface area contributed by atoms with Crippen LogP contribution in [0.2, 0.25) is 0 Å². The zero-order valence-electron chi connectivity index (χ0n) is 9.03. The predicted octanol–water partition coefficient (Wildman–Crippen LogP) is 0.228. The zero-order valence-corrected chi connectivity index (χ0v) is 9.03. The largest absolute Gasteiger partial charge is 0.393 e. The van der Waals surface area contributed by atoms with Crippen LogP contribution in [0.4, 0.5) is 0 Å². The molecule has 0 aliphatic heterocycles. The Kier molecular flexibility index (Phi) is 4.30. The number of rotatable bonds is 5. The topological polar surface area (TPSA) is 78.0 Å². The first-order valence-corrected chi connectivity index (χ1v) is 5.03. The van der Waals surface area contributed by atoms with Gasteiger partial charge in [0.2, 0.25) is 5.91 Å². The van der Waals surface area contributed by atoms with Gasteiger partial charge in [0.25, 0.3) is 0 Å². The summed E-state index contributed by atoms with van der Waals surface area (Å²) in [7, 11) is 0. The number of hydrogen-bond acceptors (Lipinski definition) is 3. The summed E-state index contributed by atoms with van der Waals surface area (Å²) in [4.78, 5) is 11.5. The first kappa shape index (κ1) is 11.7. The lowest BCUT2D eigenvalue weighted by molar-refractivity contribution is -0.121. The molecule has 0 spiro atoms. The van der Waals surface area contributed by atoms with Crippen molar-refractivity contribution in [2.75, 3.05) is 0 Å². The van der Waals surface area contributed by atoms with E-state index >= 15 is 0 Å². The molecule has 1 aromatic rings. The smallest absolute Gasteiger partial charge is 0.226 e. The molecule has 0 radical (unpaired) electrons. The number of carbonyl (C=O) groups is 1. The summed E-state index contributed by atoms with van der Waals surface area (Å²) in [5.41, 5.74) is 0.789. The van der Waals surface area contributed by atoms with Crippen molar-refractivity contribution >= 4 is 5.91 Å². The number of carbonyl (C=O) groups excluding carboxylic acids is 1. The monoisotopic (exact) mass is 211 g/mol. The van der Waals surface area contributed by atoms with Gasteiger partial charge in [0.15, 0.2) is 0 Å². The van der Waals surface area contributed by atoms with Crippen LogP contribution >= 0.6 is 0 Å². The molecule has 1 amide bonds. The van der Waals surface area contributed by atoms with Gasteiger partial charge in [-0.05, 0) is 26.3 Å². The highest BCUT2D eigenvalue weighted by Gasteiger charge is 2.10. The molecule has 5 heteroatoms. The third-order valence-electron chi connectivity index (χ3n) is 2.01. The second-order valence-electron chi connectivity index (χ2n) is 3.81. The normalized spacial score (nSPS) is 14.6. The third-order valence-corrected chi connectivity index (χ3v) is 2.01. The fourth-order valence-corrected chi connectivity index (χ4v) is 1.45. The van der Waals surface area contributed by atoms with Crippen LogP contribution in [0.3, 0.4) is 0 Å². The Morgan fingerprint density at radius 2 is 2.40 bits per heavy atom. The van der Waals surface area contributed by atoms with Gasteiger partial charge in [-0.15, -0.1) is 0 Å². The molecule has 1 aromatic heterocycles. The van der Waals surface area contributed by atoms with Crippen molar-refractivity contribution in [1.29, 1.82) is 0 Å². The maximum atomic E-state index is 11.5. The summed E-state index contributed by atoms with van der Waals surface area (Å²) in [6.07, 6.45) is 2.08. The number of aromatic amines is 1. The van der Waals surface area contributed by atoms with E-state index < -0.39 is 6.10 Å². The van der Waals surface area contributed by atoms with Gasteiger partial charge in [-0.1, -0.05) is 0 Å². The molecule has 0 saturated heterocycles. The van der Waals surface area contributed by atoms with E-state index in [1.165, 1.54) is 0 Å². The Balaban J connectivity index is 2.30. The van der Waals surface area contributed by atoms with Crippen molar-refractivity contribution in [3.05, 3.63) is 18.0 Å². The summed E-state index contributed by atoms with van der Waals surface area (Å²) in [5, 5.41) is 18.4. The quantitative estimate of drug-likeness (QED) is 0.652. The Morgan fingerprint density at radius 1 is 1.67 bits per heavy atom. The van der Waals surface area contributed by atoms with Gasteiger partial charge < -0.3 is 10.4 Å². The third kappa shape index (κ3) is 4.60. The van der Waals surface area contributed by atoms with Crippen LogP contribution in [0, 0.1) is 0 Å². The number of nitrogens with zero attached hydrogens (tertiary/aromatic N) is 1. The minimum Gasteiger partial charge on any atom is -0.393 e. The molecule has 5 nitrogen and oxygen atoms in total. The molecule has 0 bridgehead atoms. The molecular weight excluding hydrogens is 194 g/mol. The van der Waals surface area contributed by atoms with E-state index in [1.54, 1.807) is 19.2 Å². The molecule has 84 valence electrons. The first-order chi connectivity index (χ1) is 7.08. The van der Waals surface area contributed by atoms with Gasteiger partial charge in [-0.2, -0.15) is 5.10 Å². The number of H-pyrrole nitrogens is 1. The Bertz CT molecular complexity index is 296. The second kappa shape index (κ2) is 5.50. The number of aliphatic hydroxyl groups is 1. The summed E-state index contributed by atoms with van der Waals surface area (Å²) in [5.74, 6) is -0.0626. The SMILES string of the molecule is CC(O)CC(C)NC(=O)Cc1ccn[nH]1. The fraction of sp³-hybridized carbons (Fsp3) is 0.600. The van der Waals surface area contributed by atoms with E-state index in [-0.39, 0.29) is 11.9 Å². The minimum atomic E-state index is -0.396. The molecule has 0 aliphatic rings. The molecule has 3 N–H and O–H groups in total. The van der Waals surface area contributed by atoms with Gasteiger partial charge in [-0.25, -0.2) is 0 Å². The molecule has 0 fully saturated rings. The molecule has 0 saturated carbocycles. The highest BCUT2D eigenvalue weighted by Crippen LogP contribution is 1.98. The lowest BCUT2D eigenvalue weighted by atomic mass is 10.1. The summed E-state index contributed by atoms with van der Waals surface area (Å²) in [6, 6.07) is 1.75. The highest BCUT2D eigenvalue weighted by atomic mass is 16.3. The van der Waals surface area contributed by atoms with Crippen LogP contribution in [-0.2, 0) is 11.2 Å². The van der Waals surface area contributed by atoms with E-state index in [0.29, 0.717) is 12.8 Å². The average molecular weight is 211 g/mol. The van der Waals surface area contributed by atoms with Gasteiger partial charge in [0.1, 0.15) is 0 Å². The van der Waals surface area contributed by atoms with Crippen molar-refractivity contribution in [3.63, 3.8) is 0 Å². The molecule has 0 aromatic carbocycles. The van der Waals surface area contributed by atoms with Gasteiger partial charge in [0.05, 0.1) is 12.5 Å². The van der Waals surface area contributed by atoms with Crippen molar-refractivity contribution in [2.24, 2.45) is 0 Å². The van der Waals surface area contributed by atoms with E-state index in [4.69, 9.17) is 5.11 Å². The van der Waals surface area contributed by atoms with Gasteiger partial charge in [0, 0.05) is 17.9 Å². The number of nitrogens with one attached hydrogen (secondary N) is 2. The number of aromatic nitrogens is 2. The molecule has 1 heterocycles. The lowest BCUT2D eigenvalue weighted by Crippen LogP contribution is -2.35. The molecule has 0 aliphatic carbocycles. The maximum Gasteiger partial charge on any atom is 0.226 e. The lowest BCUT2D eigenvalue weighted by Gasteiger charge is -2.14. The standard InChI is InChI=1S/C10H17N3O2/c1-7(5-8(2)14)12-10(15)6-9-3-4-11-13-9/h3-4,7-8,14H,5-6H2,1-2H3,(H,11,13)(H,12,15). The van der Waals surface area contributed by atoms with Crippen molar-refractivity contribution < 1.29 is 9.90 Å². The molecule has 15 heavy (non-hydrogen) atoms. The number of hydrogen-bond donors (Lipinski definition) is 3. The maximum absolute atomic E-state index is 11.5. The van der Waals surface area contributed by atoms with Crippen LogP contribution in [-0.4, -0.2) is 33.4 Å². The van der Waals surface area contributed by atoms with E-state index in [2.05, 4.69) is 15.5 Å². The van der Waals surface area contributed by atoms with Gasteiger partial charge >= 0.3 is 0 Å². The Morgan fingerprint density at radius 3 is 2.93 bits per heavy atom. The number of amides is 1. The van der Waals surface area contributed by atoms with Crippen LogP contribution in [0.25, 0.3) is 0 Å². The Labute approximate surface area is 88.9 Å². The van der Waals surface area contributed by atoms with Crippen molar-refractivity contribution in [2.45, 2.75) is 38.8 Å². The van der Waals surface area contributed by atoms with Crippen molar-refractivity contribution in [1.82, 2.24) is 15.5 Å². The van der Waals surface area contributed by atoms with E-state index in [9.17, 15) is 4.79 Å². The van der Waals surface area contributed by atoms with Crippen molar-refractivity contribution in [3.8, 4) is 0 Å². The minimum absolute atomic E-state index is 0.0135. The van der Waals surface area contributed by atoms with E-state index in [1.807, 2.05) is 6.92 Å². The van der Waals surface area contributed by atoms with E-state index in [0.717, 1.165) is 5.69 Å². The van der Waals surface area contributed by atoms with Crippen LogP contribution in [0.1, 0.15) is 26.0 Å². The summed E-state index contributed by atoms with van der Waals surface area (Å²) < 4.78 is 0. The van der Waals surface area contributed by atoms with Gasteiger partial charge in [-0.3, -0.25) is 9.89 Å². The molecule has 2 atom stereocenters. The zero-order chi connectivity index (χ0) is 11.3. The highest BCUT2D eigenvalue weighted by molar-refractivity contribution is 5.78. The number of aliphatic hydroxyl groups excluding tert-OH is 1. The molecular formula is C10H17N3O2. The summed E-state index contributed by atoms with van der Waals surface area (Å²) in [6.45, 7) is 3.58. The van der Waals surface area contributed by atoms with Crippen LogP contribution in [0.15, 0.2) is 12.3 Å². The molecule has 2 unspecified atom stereocenters. The Hall–Kier alpha value is -1.36. The molecule has 1 rings (SSSR count). The summed E-state index contributed by atoms with van der Waals surface area (Å²) >= 11 is 0. The van der Waals surface area contributed by atoms with Crippen LogP contribution in [0.5, 0.6) is 0 Å². The predicted molar refractivity (Wildman–Crippen MR) is 56.2 cm³/mol. The first-order valence-electron chi connectivity index (χ1n) is 5.03. The fourth-order valence-electron chi connectivity index (χ4n) is 1.45. The average Bonchev–Trinajstić information content (AvgIpc) is 2.53. The second-order valence-corrected chi connectivity index (χ2v) is 3.81.